The standard InChI is InChI=1S/C25H21ClN2O5/c1-14-9-15(2)25-19(27-17-6-7-18(26)20(12-17)28(29)30)13-22(33-24(25)10-14)16-5-8-21(31-3)23(11-16)32-4/h5-13H,1-4H3. The van der Waals surface area contributed by atoms with Crippen LogP contribution in [-0.2, 0) is 0 Å². The predicted molar refractivity (Wildman–Crippen MR) is 128 cm³/mol. The quantitative estimate of drug-likeness (QED) is 0.247. The number of fused-ring (bicyclic) bond motifs is 1. The molecule has 168 valence electrons. The summed E-state index contributed by atoms with van der Waals surface area (Å²) in [6.45, 7) is 3.97. The van der Waals surface area contributed by atoms with Crippen LogP contribution in [-0.4, -0.2) is 19.1 Å². The third-order valence-corrected chi connectivity index (χ3v) is 5.55. The van der Waals surface area contributed by atoms with E-state index in [2.05, 4.69) is 0 Å². The normalized spacial score (nSPS) is 11.6. The van der Waals surface area contributed by atoms with Gasteiger partial charge in [-0.05, 0) is 61.4 Å². The molecule has 4 rings (SSSR count). The van der Waals surface area contributed by atoms with Gasteiger partial charge < -0.3 is 13.9 Å². The molecule has 1 aromatic heterocycles. The highest BCUT2D eigenvalue weighted by atomic mass is 35.5. The second kappa shape index (κ2) is 8.96. The smallest absolute Gasteiger partial charge is 0.290 e. The Labute approximate surface area is 195 Å². The Morgan fingerprint density at radius 3 is 2.42 bits per heavy atom. The zero-order valence-electron chi connectivity index (χ0n) is 18.5. The van der Waals surface area contributed by atoms with Crippen molar-refractivity contribution in [2.75, 3.05) is 14.2 Å². The van der Waals surface area contributed by atoms with E-state index >= 15 is 0 Å². The lowest BCUT2D eigenvalue weighted by atomic mass is 10.0. The predicted octanol–water partition coefficient (Wildman–Crippen LogP) is 6.53. The number of benzene rings is 3. The highest BCUT2D eigenvalue weighted by Crippen LogP contribution is 2.34. The number of hydrogen-bond donors (Lipinski definition) is 0. The first-order valence-electron chi connectivity index (χ1n) is 10.1. The van der Waals surface area contributed by atoms with Gasteiger partial charge in [0, 0.05) is 23.1 Å². The van der Waals surface area contributed by atoms with Crippen molar-refractivity contribution in [3.63, 3.8) is 0 Å². The van der Waals surface area contributed by atoms with Crippen molar-refractivity contribution in [2.24, 2.45) is 4.99 Å². The molecule has 0 aliphatic heterocycles. The Bertz CT molecular complexity index is 1460. The highest BCUT2D eigenvalue weighted by molar-refractivity contribution is 6.32. The molecule has 1 heterocycles. The number of halogens is 1. The monoisotopic (exact) mass is 464 g/mol. The summed E-state index contributed by atoms with van der Waals surface area (Å²) in [5.41, 5.74) is 3.66. The fourth-order valence-electron chi connectivity index (χ4n) is 3.75. The molecule has 0 saturated heterocycles. The molecular weight excluding hydrogens is 444 g/mol. The molecule has 0 saturated carbocycles. The van der Waals surface area contributed by atoms with Gasteiger partial charge in [-0.3, -0.25) is 10.1 Å². The van der Waals surface area contributed by atoms with Gasteiger partial charge in [-0.15, -0.1) is 0 Å². The Balaban J connectivity index is 2.01. The molecule has 0 bridgehead atoms. The minimum Gasteiger partial charge on any atom is -0.493 e. The molecule has 0 N–H and O–H groups in total. The van der Waals surface area contributed by atoms with Gasteiger partial charge in [0.15, 0.2) is 11.5 Å². The van der Waals surface area contributed by atoms with Gasteiger partial charge in [-0.1, -0.05) is 17.7 Å². The minimum atomic E-state index is -0.524. The van der Waals surface area contributed by atoms with E-state index in [1.165, 1.54) is 12.1 Å². The van der Waals surface area contributed by atoms with Gasteiger partial charge in [0.25, 0.3) is 5.69 Å². The van der Waals surface area contributed by atoms with Gasteiger partial charge in [0.1, 0.15) is 16.4 Å². The summed E-state index contributed by atoms with van der Waals surface area (Å²) in [5.74, 6) is 1.74. The number of methoxy groups -OCH3 is 2. The lowest BCUT2D eigenvalue weighted by molar-refractivity contribution is -0.384. The molecule has 3 aromatic carbocycles. The van der Waals surface area contributed by atoms with Gasteiger partial charge in [0.2, 0.25) is 0 Å². The minimum absolute atomic E-state index is 0.0599. The number of nitrogens with zero attached hydrogens (tertiary/aromatic N) is 2. The van der Waals surface area contributed by atoms with Crippen molar-refractivity contribution in [3.8, 4) is 22.8 Å². The summed E-state index contributed by atoms with van der Waals surface area (Å²) in [5, 5.41) is 12.8. The van der Waals surface area contributed by atoms with E-state index in [0.717, 1.165) is 22.1 Å². The number of nitro benzene ring substituents is 1. The van der Waals surface area contributed by atoms with Crippen LogP contribution in [0.3, 0.4) is 0 Å². The Hall–Kier alpha value is -3.84. The van der Waals surface area contributed by atoms with E-state index in [-0.39, 0.29) is 10.7 Å². The fraction of sp³-hybridized carbons (Fsp3) is 0.160. The van der Waals surface area contributed by atoms with Crippen LogP contribution in [0.1, 0.15) is 11.1 Å². The van der Waals surface area contributed by atoms with Crippen molar-refractivity contribution < 1.29 is 18.8 Å². The van der Waals surface area contributed by atoms with Gasteiger partial charge in [0.05, 0.1) is 30.2 Å². The van der Waals surface area contributed by atoms with E-state index in [9.17, 15) is 10.1 Å². The van der Waals surface area contributed by atoms with E-state index < -0.39 is 4.92 Å². The molecule has 0 aliphatic rings. The van der Waals surface area contributed by atoms with Crippen LogP contribution in [0.4, 0.5) is 11.4 Å². The van der Waals surface area contributed by atoms with Crippen LogP contribution < -0.4 is 14.8 Å². The summed E-state index contributed by atoms with van der Waals surface area (Å²) in [4.78, 5) is 15.5. The van der Waals surface area contributed by atoms with Gasteiger partial charge >= 0.3 is 0 Å². The largest absolute Gasteiger partial charge is 0.493 e. The Morgan fingerprint density at radius 1 is 0.970 bits per heavy atom. The molecule has 0 unspecified atom stereocenters. The second-order valence-electron chi connectivity index (χ2n) is 7.53. The van der Waals surface area contributed by atoms with Crippen LogP contribution in [0.25, 0.3) is 22.3 Å². The summed E-state index contributed by atoms with van der Waals surface area (Å²) in [6, 6.07) is 15.8. The summed E-state index contributed by atoms with van der Waals surface area (Å²) < 4.78 is 17.0. The average Bonchev–Trinajstić information content (AvgIpc) is 2.78. The van der Waals surface area contributed by atoms with Crippen LogP contribution in [0, 0.1) is 24.0 Å². The summed E-state index contributed by atoms with van der Waals surface area (Å²) >= 11 is 5.97. The maximum absolute atomic E-state index is 11.3. The fourth-order valence-corrected chi connectivity index (χ4v) is 3.94. The number of nitro groups is 1. The van der Waals surface area contributed by atoms with Crippen LogP contribution in [0.2, 0.25) is 5.02 Å². The molecule has 4 aromatic rings. The van der Waals surface area contributed by atoms with Crippen LogP contribution in [0.5, 0.6) is 11.5 Å². The maximum Gasteiger partial charge on any atom is 0.290 e. The summed E-state index contributed by atoms with van der Waals surface area (Å²) in [6.07, 6.45) is 0. The van der Waals surface area contributed by atoms with Crippen molar-refractivity contribution in [1.82, 2.24) is 0 Å². The lowest BCUT2D eigenvalue weighted by Gasteiger charge is -2.11. The summed E-state index contributed by atoms with van der Waals surface area (Å²) in [7, 11) is 3.14. The first kappa shape index (κ1) is 22.4. The molecular formula is C25H21ClN2O5. The number of aryl methyl sites for hydroxylation is 2. The first-order valence-corrected chi connectivity index (χ1v) is 10.4. The number of hydrogen-bond acceptors (Lipinski definition) is 6. The lowest BCUT2D eigenvalue weighted by Crippen LogP contribution is -2.05. The average molecular weight is 465 g/mol. The molecule has 0 fully saturated rings. The van der Waals surface area contributed by atoms with Gasteiger partial charge in [-0.2, -0.15) is 0 Å². The first-order chi connectivity index (χ1) is 15.8. The van der Waals surface area contributed by atoms with Crippen molar-refractivity contribution >= 4 is 33.9 Å². The molecule has 0 spiro atoms. The SMILES string of the molecule is COc1ccc(-c2cc(=Nc3ccc(Cl)c([N+](=O)[O-])c3)c3c(C)cc(C)cc3o2)cc1OC. The zero-order valence-corrected chi connectivity index (χ0v) is 19.3. The van der Waals surface area contributed by atoms with E-state index in [4.69, 9.17) is 30.5 Å². The molecule has 8 heteroatoms. The highest BCUT2D eigenvalue weighted by Gasteiger charge is 2.14. The maximum atomic E-state index is 11.3. The van der Waals surface area contributed by atoms with Gasteiger partial charge in [-0.25, -0.2) is 4.99 Å². The number of rotatable bonds is 5. The molecule has 0 amide bonds. The molecule has 7 nitrogen and oxygen atoms in total. The topological polar surface area (TPSA) is 87.1 Å². The van der Waals surface area contributed by atoms with Crippen molar-refractivity contribution in [2.45, 2.75) is 13.8 Å². The molecule has 33 heavy (non-hydrogen) atoms. The van der Waals surface area contributed by atoms with E-state index in [1.54, 1.807) is 26.4 Å². The second-order valence-corrected chi connectivity index (χ2v) is 7.93. The van der Waals surface area contributed by atoms with Crippen molar-refractivity contribution in [3.05, 3.63) is 86.2 Å². The molecule has 0 atom stereocenters. The Morgan fingerprint density at radius 2 is 1.73 bits per heavy atom. The Kier molecular flexibility index (Phi) is 6.07. The van der Waals surface area contributed by atoms with Crippen LogP contribution >= 0.6 is 11.6 Å². The molecule has 0 radical (unpaired) electrons. The van der Waals surface area contributed by atoms with E-state index in [1.807, 2.05) is 44.2 Å². The zero-order chi connectivity index (χ0) is 23.7. The number of ether oxygens (including phenoxy) is 2. The molecule has 0 aliphatic carbocycles. The van der Waals surface area contributed by atoms with Crippen molar-refractivity contribution in [1.29, 1.82) is 0 Å². The third-order valence-electron chi connectivity index (χ3n) is 5.23. The van der Waals surface area contributed by atoms with E-state index in [0.29, 0.717) is 33.9 Å². The third kappa shape index (κ3) is 4.40. The van der Waals surface area contributed by atoms with Crippen LogP contribution in [0.15, 0.2) is 64.0 Å².